The Labute approximate surface area is 166 Å². The summed E-state index contributed by atoms with van der Waals surface area (Å²) in [4.78, 5) is 27.7. The molecular formula is C18H10ClN3O3S2. The Kier molecular flexibility index (Phi) is 4.61. The molecule has 0 radical (unpaired) electrons. The van der Waals surface area contributed by atoms with Crippen molar-refractivity contribution in [2.24, 2.45) is 0 Å². The second-order valence-corrected chi connectivity index (χ2v) is 7.83. The van der Waals surface area contributed by atoms with Crippen LogP contribution >= 0.6 is 34.3 Å². The standard InChI is InChI=1S/C18H10ClN3O3S2/c19-15-12-3-1-2-4-14(12)27-16(15)17(23)21-18-20-13(9-26-18)10-5-7-11(8-6-10)22(24)25/h1-9H,(H,20,21,23). The van der Waals surface area contributed by atoms with Gasteiger partial charge in [-0.3, -0.25) is 20.2 Å². The number of thiophene rings is 1. The molecule has 0 unspecified atom stereocenters. The highest BCUT2D eigenvalue weighted by molar-refractivity contribution is 7.21. The second-order valence-electron chi connectivity index (χ2n) is 5.54. The molecule has 0 aliphatic heterocycles. The number of thiazole rings is 1. The first-order valence-corrected chi connectivity index (χ1v) is 9.79. The number of nitrogens with zero attached hydrogens (tertiary/aromatic N) is 2. The van der Waals surface area contributed by atoms with Crippen LogP contribution in [0.25, 0.3) is 21.3 Å². The van der Waals surface area contributed by atoms with Crippen molar-refractivity contribution >= 4 is 61.1 Å². The molecule has 2 aromatic heterocycles. The molecule has 0 atom stereocenters. The topological polar surface area (TPSA) is 85.1 Å². The van der Waals surface area contributed by atoms with Crippen LogP contribution in [0.1, 0.15) is 9.67 Å². The quantitative estimate of drug-likeness (QED) is 0.335. The van der Waals surface area contributed by atoms with E-state index in [-0.39, 0.29) is 11.6 Å². The van der Waals surface area contributed by atoms with Gasteiger partial charge < -0.3 is 0 Å². The fraction of sp³-hybridized carbons (Fsp3) is 0. The lowest BCUT2D eigenvalue weighted by atomic mass is 10.1. The number of fused-ring (bicyclic) bond motifs is 1. The van der Waals surface area contributed by atoms with Gasteiger partial charge in [-0.05, 0) is 18.2 Å². The normalized spacial score (nSPS) is 10.9. The summed E-state index contributed by atoms with van der Waals surface area (Å²) < 4.78 is 0.943. The molecule has 0 fully saturated rings. The monoisotopic (exact) mass is 415 g/mol. The third-order valence-corrected chi connectivity index (χ3v) is 6.27. The number of nitro benzene ring substituents is 1. The maximum absolute atomic E-state index is 12.6. The summed E-state index contributed by atoms with van der Waals surface area (Å²) in [5.41, 5.74) is 1.38. The van der Waals surface area contributed by atoms with Crippen molar-refractivity contribution in [2.45, 2.75) is 0 Å². The molecule has 0 aliphatic rings. The van der Waals surface area contributed by atoms with Crippen LogP contribution in [0, 0.1) is 10.1 Å². The number of non-ortho nitro benzene ring substituents is 1. The number of benzene rings is 2. The van der Waals surface area contributed by atoms with Gasteiger partial charge >= 0.3 is 0 Å². The first kappa shape index (κ1) is 17.6. The lowest BCUT2D eigenvalue weighted by Gasteiger charge is -2.00. The molecule has 6 nitrogen and oxygen atoms in total. The van der Waals surface area contributed by atoms with Crippen molar-refractivity contribution in [1.29, 1.82) is 0 Å². The molecule has 0 saturated heterocycles. The Morgan fingerprint density at radius 1 is 1.15 bits per heavy atom. The number of rotatable bonds is 4. The van der Waals surface area contributed by atoms with E-state index in [1.807, 2.05) is 24.3 Å². The summed E-state index contributed by atoms with van der Waals surface area (Å²) in [6.45, 7) is 0. The van der Waals surface area contributed by atoms with Crippen molar-refractivity contribution in [1.82, 2.24) is 4.98 Å². The number of hydrogen-bond donors (Lipinski definition) is 1. The average molecular weight is 416 g/mol. The van der Waals surface area contributed by atoms with E-state index in [1.54, 1.807) is 17.5 Å². The predicted molar refractivity (Wildman–Crippen MR) is 109 cm³/mol. The molecule has 9 heteroatoms. The number of anilines is 1. The molecule has 0 aliphatic carbocycles. The molecule has 27 heavy (non-hydrogen) atoms. The smallest absolute Gasteiger partial charge is 0.269 e. The number of amides is 1. The third-order valence-electron chi connectivity index (χ3n) is 3.84. The van der Waals surface area contributed by atoms with Crippen LogP contribution in [0.5, 0.6) is 0 Å². The van der Waals surface area contributed by atoms with Crippen LogP contribution in [-0.4, -0.2) is 15.8 Å². The predicted octanol–water partition coefficient (Wildman–Crippen LogP) is 5.84. The lowest BCUT2D eigenvalue weighted by molar-refractivity contribution is -0.384. The molecule has 4 rings (SSSR count). The minimum absolute atomic E-state index is 0.0157. The highest BCUT2D eigenvalue weighted by Gasteiger charge is 2.18. The SMILES string of the molecule is O=C(Nc1nc(-c2ccc([N+](=O)[O-])cc2)cs1)c1sc2ccccc2c1Cl. The van der Waals surface area contributed by atoms with Gasteiger partial charge in [-0.1, -0.05) is 29.8 Å². The van der Waals surface area contributed by atoms with Gasteiger partial charge in [0.1, 0.15) is 4.88 Å². The summed E-state index contributed by atoms with van der Waals surface area (Å²) in [7, 11) is 0. The zero-order chi connectivity index (χ0) is 19.0. The first-order chi connectivity index (χ1) is 13.0. The molecule has 134 valence electrons. The van der Waals surface area contributed by atoms with Crippen LogP contribution in [-0.2, 0) is 0 Å². The van der Waals surface area contributed by atoms with Gasteiger partial charge in [0.25, 0.3) is 11.6 Å². The summed E-state index contributed by atoms with van der Waals surface area (Å²) in [5, 5.41) is 17.0. The van der Waals surface area contributed by atoms with Crippen LogP contribution in [0.3, 0.4) is 0 Å². The van der Waals surface area contributed by atoms with E-state index in [2.05, 4.69) is 10.3 Å². The maximum atomic E-state index is 12.6. The second kappa shape index (κ2) is 7.07. The van der Waals surface area contributed by atoms with E-state index >= 15 is 0 Å². The minimum Gasteiger partial charge on any atom is -0.297 e. The largest absolute Gasteiger partial charge is 0.297 e. The van der Waals surface area contributed by atoms with Gasteiger partial charge in [-0.2, -0.15) is 0 Å². The zero-order valence-corrected chi connectivity index (χ0v) is 15.9. The number of nitrogens with one attached hydrogen (secondary N) is 1. The van der Waals surface area contributed by atoms with E-state index in [4.69, 9.17) is 11.6 Å². The van der Waals surface area contributed by atoms with E-state index in [0.717, 1.165) is 15.6 Å². The minimum atomic E-state index is -0.453. The summed E-state index contributed by atoms with van der Waals surface area (Å²) >= 11 is 8.94. The summed E-state index contributed by atoms with van der Waals surface area (Å²) in [6, 6.07) is 13.7. The third kappa shape index (κ3) is 3.42. The van der Waals surface area contributed by atoms with Crippen LogP contribution in [0.4, 0.5) is 10.8 Å². The maximum Gasteiger partial charge on any atom is 0.269 e. The van der Waals surface area contributed by atoms with Crippen LogP contribution < -0.4 is 5.32 Å². The van der Waals surface area contributed by atoms with Crippen molar-refractivity contribution < 1.29 is 9.72 Å². The molecule has 0 saturated carbocycles. The van der Waals surface area contributed by atoms with E-state index < -0.39 is 4.92 Å². The summed E-state index contributed by atoms with van der Waals surface area (Å²) in [5.74, 6) is -0.314. The Morgan fingerprint density at radius 3 is 2.59 bits per heavy atom. The number of hydrogen-bond acceptors (Lipinski definition) is 6. The van der Waals surface area contributed by atoms with Gasteiger partial charge in [0.05, 0.1) is 15.6 Å². The van der Waals surface area contributed by atoms with Gasteiger partial charge in [0, 0.05) is 33.2 Å². The Bertz CT molecular complexity index is 1170. The molecule has 0 bridgehead atoms. The van der Waals surface area contributed by atoms with Gasteiger partial charge in [0.2, 0.25) is 0 Å². The van der Waals surface area contributed by atoms with Crippen molar-refractivity contribution in [3.8, 4) is 11.3 Å². The lowest BCUT2D eigenvalue weighted by Crippen LogP contribution is -2.10. The fourth-order valence-corrected chi connectivity index (χ4v) is 4.66. The average Bonchev–Trinajstić information content (AvgIpc) is 3.27. The van der Waals surface area contributed by atoms with E-state index in [0.29, 0.717) is 20.7 Å². The highest BCUT2D eigenvalue weighted by Crippen LogP contribution is 2.36. The number of nitro groups is 1. The molecule has 0 spiro atoms. The highest BCUT2D eigenvalue weighted by atomic mass is 35.5. The fourth-order valence-electron chi connectivity index (χ4n) is 2.53. The summed E-state index contributed by atoms with van der Waals surface area (Å²) in [6.07, 6.45) is 0. The van der Waals surface area contributed by atoms with Crippen molar-refractivity contribution in [3.63, 3.8) is 0 Å². The number of halogens is 1. The molecule has 2 aromatic carbocycles. The van der Waals surface area contributed by atoms with E-state index in [1.165, 1.54) is 34.8 Å². The van der Waals surface area contributed by atoms with E-state index in [9.17, 15) is 14.9 Å². The van der Waals surface area contributed by atoms with Crippen LogP contribution in [0.15, 0.2) is 53.9 Å². The van der Waals surface area contributed by atoms with Crippen molar-refractivity contribution in [2.75, 3.05) is 5.32 Å². The first-order valence-electron chi connectivity index (χ1n) is 7.71. The molecular weight excluding hydrogens is 406 g/mol. The molecule has 4 aromatic rings. The number of carbonyl (C=O) groups is 1. The van der Waals surface area contributed by atoms with Crippen LogP contribution in [0.2, 0.25) is 5.02 Å². The zero-order valence-electron chi connectivity index (χ0n) is 13.5. The number of carbonyl (C=O) groups excluding carboxylic acids is 1. The van der Waals surface area contributed by atoms with Crippen molar-refractivity contribution in [3.05, 3.63) is 73.9 Å². The Morgan fingerprint density at radius 2 is 1.89 bits per heavy atom. The van der Waals surface area contributed by atoms with Gasteiger partial charge in [-0.15, -0.1) is 22.7 Å². The van der Waals surface area contributed by atoms with Gasteiger partial charge in [-0.25, -0.2) is 4.98 Å². The Balaban J connectivity index is 1.55. The molecule has 2 heterocycles. The molecule has 1 N–H and O–H groups in total. The number of aromatic nitrogens is 1. The Hall–Kier alpha value is -2.81. The molecule has 1 amide bonds. The van der Waals surface area contributed by atoms with Gasteiger partial charge in [0.15, 0.2) is 5.13 Å².